The molecule has 3 N–H and O–H groups in total. The Morgan fingerprint density at radius 3 is 2.70 bits per heavy atom. The van der Waals surface area contributed by atoms with Crippen molar-refractivity contribution in [1.29, 1.82) is 0 Å². The molecule has 154 valence electrons. The second-order valence-corrected chi connectivity index (χ2v) is 11.4. The molecule has 2 rings (SSSR count). The molecule has 0 fully saturated rings. The second kappa shape index (κ2) is 8.53. The zero-order chi connectivity index (χ0) is 20.4. The minimum atomic E-state index is -4.00. The number of sulfonamides is 2. The minimum Gasteiger partial charge on any atom is -0.463 e. The summed E-state index contributed by atoms with van der Waals surface area (Å²) in [5.74, 6) is -0.379. The summed E-state index contributed by atoms with van der Waals surface area (Å²) >= 11 is 0.657. The van der Waals surface area contributed by atoms with Gasteiger partial charge in [0.15, 0.2) is 0 Å². The van der Waals surface area contributed by atoms with Crippen LogP contribution < -0.4 is 10.5 Å². The Bertz CT molecular complexity index is 892. The molecule has 1 aliphatic rings. The average molecular weight is 440 g/mol. The van der Waals surface area contributed by atoms with E-state index >= 15 is 0 Å². The van der Waals surface area contributed by atoms with E-state index in [-0.39, 0.29) is 46.0 Å². The van der Waals surface area contributed by atoms with Gasteiger partial charge in [0.1, 0.15) is 8.42 Å². The van der Waals surface area contributed by atoms with Gasteiger partial charge in [-0.25, -0.2) is 22.0 Å². The van der Waals surface area contributed by atoms with Gasteiger partial charge in [0.25, 0.3) is 10.0 Å². The molecule has 0 spiro atoms. The molecule has 0 saturated heterocycles. The molecule has 9 nitrogen and oxygen atoms in total. The zero-order valence-electron chi connectivity index (χ0n) is 15.5. The van der Waals surface area contributed by atoms with E-state index in [0.717, 1.165) is 0 Å². The molecule has 1 aromatic rings. The predicted octanol–water partition coefficient (Wildman–Crippen LogP) is 0.782. The Labute approximate surface area is 164 Å². The molecular weight excluding hydrogens is 414 g/mol. The van der Waals surface area contributed by atoms with Gasteiger partial charge in [-0.05, 0) is 32.9 Å². The molecule has 0 amide bonds. The van der Waals surface area contributed by atoms with Crippen molar-refractivity contribution in [3.63, 3.8) is 0 Å². The predicted molar refractivity (Wildman–Crippen MR) is 101 cm³/mol. The number of thiophene rings is 1. The van der Waals surface area contributed by atoms with Gasteiger partial charge < -0.3 is 10.1 Å². The molecule has 2 heterocycles. The van der Waals surface area contributed by atoms with Crippen LogP contribution in [0.15, 0.2) is 14.5 Å². The molecular formula is C15H25N3O6S3. The Morgan fingerprint density at radius 2 is 2.15 bits per heavy atom. The van der Waals surface area contributed by atoms with Crippen molar-refractivity contribution in [2.24, 2.45) is 5.14 Å². The largest absolute Gasteiger partial charge is 0.463 e. The topological polar surface area (TPSA) is 136 Å². The number of carbonyl (C=O) groups is 1. The van der Waals surface area contributed by atoms with Gasteiger partial charge >= 0.3 is 5.97 Å². The number of nitrogens with two attached hydrogens (primary N) is 1. The van der Waals surface area contributed by atoms with Crippen molar-refractivity contribution >= 4 is 37.4 Å². The van der Waals surface area contributed by atoms with Crippen molar-refractivity contribution < 1.29 is 26.4 Å². The SMILES string of the molecule is CCN[C@H]1CN(CCCC(=O)OC(C)C)S(=O)(=O)c2sc(S(N)(=O)=O)cc21. The van der Waals surface area contributed by atoms with E-state index in [2.05, 4.69) is 5.32 Å². The lowest BCUT2D eigenvalue weighted by Crippen LogP contribution is -2.43. The summed E-state index contributed by atoms with van der Waals surface area (Å²) in [6.07, 6.45) is 0.196. The number of rotatable bonds is 8. The molecule has 0 unspecified atom stereocenters. The Hall–Kier alpha value is -1.05. The van der Waals surface area contributed by atoms with Crippen LogP contribution in [0.4, 0.5) is 0 Å². The highest BCUT2D eigenvalue weighted by Crippen LogP contribution is 2.39. The van der Waals surface area contributed by atoms with E-state index in [0.29, 0.717) is 29.9 Å². The minimum absolute atomic E-state index is 0.0199. The third-order valence-electron chi connectivity index (χ3n) is 3.92. The van der Waals surface area contributed by atoms with Crippen LogP contribution >= 0.6 is 11.3 Å². The highest BCUT2D eigenvalue weighted by Gasteiger charge is 2.39. The number of nitrogens with one attached hydrogen (secondary N) is 1. The normalized spacial score (nSPS) is 19.8. The van der Waals surface area contributed by atoms with Gasteiger partial charge in [0.2, 0.25) is 10.0 Å². The van der Waals surface area contributed by atoms with Crippen molar-refractivity contribution in [2.75, 3.05) is 19.6 Å². The Balaban J connectivity index is 2.24. The van der Waals surface area contributed by atoms with E-state index in [1.165, 1.54) is 10.4 Å². The molecule has 1 atom stereocenters. The van der Waals surface area contributed by atoms with Gasteiger partial charge in [-0.3, -0.25) is 4.79 Å². The second-order valence-electron chi connectivity index (χ2n) is 6.47. The van der Waals surface area contributed by atoms with Crippen LogP contribution in [-0.4, -0.2) is 52.8 Å². The maximum absolute atomic E-state index is 12.9. The van der Waals surface area contributed by atoms with Crippen molar-refractivity contribution in [3.05, 3.63) is 11.6 Å². The van der Waals surface area contributed by atoms with Crippen LogP contribution in [0.3, 0.4) is 0 Å². The van der Waals surface area contributed by atoms with E-state index in [1.54, 1.807) is 13.8 Å². The van der Waals surface area contributed by atoms with Gasteiger partial charge in [0, 0.05) is 31.1 Å². The highest BCUT2D eigenvalue weighted by molar-refractivity contribution is 7.94. The lowest BCUT2D eigenvalue weighted by Gasteiger charge is -2.32. The Kier molecular flexibility index (Phi) is 7.03. The van der Waals surface area contributed by atoms with Crippen molar-refractivity contribution in [3.8, 4) is 0 Å². The van der Waals surface area contributed by atoms with Gasteiger partial charge in [-0.2, -0.15) is 4.31 Å². The summed E-state index contributed by atoms with van der Waals surface area (Å²) < 4.78 is 55.2. The molecule has 0 radical (unpaired) electrons. The summed E-state index contributed by atoms with van der Waals surface area (Å²) in [5, 5.41) is 8.34. The smallest absolute Gasteiger partial charge is 0.306 e. The van der Waals surface area contributed by atoms with E-state index < -0.39 is 20.0 Å². The summed E-state index contributed by atoms with van der Waals surface area (Å²) in [7, 11) is -7.85. The van der Waals surface area contributed by atoms with E-state index in [9.17, 15) is 21.6 Å². The number of likely N-dealkylation sites (N-methyl/N-ethyl adjacent to an activating group) is 1. The molecule has 0 saturated carbocycles. The van der Waals surface area contributed by atoms with Crippen LogP contribution in [0.1, 0.15) is 45.2 Å². The van der Waals surface area contributed by atoms with Crippen LogP contribution in [-0.2, 0) is 29.6 Å². The number of hydrogen-bond acceptors (Lipinski definition) is 8. The monoisotopic (exact) mass is 439 g/mol. The maximum Gasteiger partial charge on any atom is 0.306 e. The van der Waals surface area contributed by atoms with Crippen molar-refractivity contribution in [2.45, 2.75) is 54.2 Å². The standard InChI is InChI=1S/C15H25N3O6S3/c1-4-17-12-9-18(7-5-6-13(19)24-10(2)3)27(22,23)15-11(12)8-14(25-15)26(16,20)21/h8,10,12,17H,4-7,9H2,1-3H3,(H2,16,20,21)/t12-/m0/s1. The van der Waals surface area contributed by atoms with E-state index in [1.807, 2.05) is 6.92 Å². The fourth-order valence-corrected chi connectivity index (χ4v) is 7.13. The van der Waals surface area contributed by atoms with E-state index in [4.69, 9.17) is 9.88 Å². The number of ether oxygens (including phenoxy) is 1. The third kappa shape index (κ3) is 5.27. The quantitative estimate of drug-likeness (QED) is 0.571. The molecule has 1 aliphatic heterocycles. The number of esters is 1. The highest BCUT2D eigenvalue weighted by atomic mass is 32.3. The lowest BCUT2D eigenvalue weighted by molar-refractivity contribution is -0.147. The lowest BCUT2D eigenvalue weighted by atomic mass is 10.1. The van der Waals surface area contributed by atoms with Crippen LogP contribution in [0.5, 0.6) is 0 Å². The first-order valence-electron chi connectivity index (χ1n) is 8.56. The molecule has 0 aliphatic carbocycles. The number of hydrogen-bond donors (Lipinski definition) is 2. The molecule has 0 bridgehead atoms. The summed E-state index contributed by atoms with van der Waals surface area (Å²) in [6.45, 7) is 6.24. The number of primary sulfonamides is 1. The first-order valence-corrected chi connectivity index (χ1v) is 12.4. The summed E-state index contributed by atoms with van der Waals surface area (Å²) in [6, 6.07) is 0.986. The van der Waals surface area contributed by atoms with Crippen LogP contribution in [0.25, 0.3) is 0 Å². The number of nitrogens with zero attached hydrogens (tertiary/aromatic N) is 1. The van der Waals surface area contributed by atoms with Crippen LogP contribution in [0.2, 0.25) is 0 Å². The molecule has 1 aromatic heterocycles. The Morgan fingerprint density at radius 1 is 1.48 bits per heavy atom. The fraction of sp³-hybridized carbons (Fsp3) is 0.667. The third-order valence-corrected chi connectivity index (χ3v) is 8.89. The summed E-state index contributed by atoms with van der Waals surface area (Å²) in [5.41, 5.74) is 0.418. The first-order chi connectivity index (χ1) is 12.5. The molecule has 27 heavy (non-hydrogen) atoms. The number of carbonyl (C=O) groups excluding carboxylic acids is 1. The zero-order valence-corrected chi connectivity index (χ0v) is 17.9. The van der Waals surface area contributed by atoms with Crippen molar-refractivity contribution in [1.82, 2.24) is 9.62 Å². The molecule has 0 aromatic carbocycles. The first kappa shape index (κ1) is 22.2. The van der Waals surface area contributed by atoms with Gasteiger partial charge in [-0.1, -0.05) is 6.92 Å². The average Bonchev–Trinajstić information content (AvgIpc) is 2.98. The number of fused-ring (bicyclic) bond motifs is 1. The van der Waals surface area contributed by atoms with Gasteiger partial charge in [-0.15, -0.1) is 11.3 Å². The molecule has 12 heteroatoms. The van der Waals surface area contributed by atoms with Crippen LogP contribution in [0, 0.1) is 0 Å². The summed E-state index contributed by atoms with van der Waals surface area (Å²) in [4.78, 5) is 11.7. The fourth-order valence-electron chi connectivity index (χ4n) is 2.82. The maximum atomic E-state index is 12.9. The van der Waals surface area contributed by atoms with Gasteiger partial charge in [0.05, 0.1) is 6.10 Å².